The molecule has 0 aliphatic heterocycles. The summed E-state index contributed by atoms with van der Waals surface area (Å²) in [6, 6.07) is 25.4. The molecule has 7 nitrogen and oxygen atoms in total. The molecule has 8 heteroatoms. The van der Waals surface area contributed by atoms with Crippen molar-refractivity contribution in [3.8, 4) is 5.75 Å². The van der Waals surface area contributed by atoms with Crippen molar-refractivity contribution in [2.24, 2.45) is 0 Å². The third-order valence-electron chi connectivity index (χ3n) is 6.90. The topological polar surface area (TPSA) is 86.6 Å². The molecule has 0 unspecified atom stereocenters. The molecular weight excluding hydrogens is 536 g/mol. The van der Waals surface area contributed by atoms with Crippen LogP contribution in [-0.2, 0) is 33.9 Å². The Kier molecular flexibility index (Phi) is 9.11. The number of fused-ring (bicyclic) bond motifs is 1. The Labute approximate surface area is 242 Å². The van der Waals surface area contributed by atoms with Crippen LogP contribution in [0.5, 0.6) is 5.75 Å². The fourth-order valence-corrected chi connectivity index (χ4v) is 5.95. The van der Waals surface area contributed by atoms with Gasteiger partial charge in [0.2, 0.25) is 5.91 Å². The van der Waals surface area contributed by atoms with Crippen LogP contribution < -0.4 is 24.8 Å². The first-order valence-electron chi connectivity index (χ1n) is 13.7. The number of amides is 1. The maximum absolute atomic E-state index is 13.5. The van der Waals surface area contributed by atoms with Crippen molar-refractivity contribution >= 4 is 35.4 Å². The van der Waals surface area contributed by atoms with Gasteiger partial charge in [-0.15, -0.1) is 11.3 Å². The van der Waals surface area contributed by atoms with E-state index in [9.17, 15) is 14.4 Å². The highest BCUT2D eigenvalue weighted by Crippen LogP contribution is 2.29. The summed E-state index contributed by atoms with van der Waals surface area (Å²) in [6.07, 6.45) is 5.84. The summed E-state index contributed by atoms with van der Waals surface area (Å²) >= 11 is 1.15. The molecule has 0 spiro atoms. The number of nitrogens with zero attached hydrogens (tertiary/aromatic N) is 1. The Hall–Kier alpha value is -4.43. The molecule has 5 rings (SSSR count). The molecule has 41 heavy (non-hydrogen) atoms. The normalized spacial score (nSPS) is 15.3. The van der Waals surface area contributed by atoms with Gasteiger partial charge in [-0.1, -0.05) is 66.7 Å². The predicted octanol–water partition coefficient (Wildman–Crippen LogP) is 3.86. The molecule has 1 aromatic heterocycles. The molecule has 1 atom stereocenters. The van der Waals surface area contributed by atoms with Crippen LogP contribution in [0.4, 0.5) is 0 Å². The van der Waals surface area contributed by atoms with Crippen LogP contribution in [0.25, 0.3) is 12.2 Å². The van der Waals surface area contributed by atoms with E-state index in [1.165, 1.54) is 16.2 Å². The molecule has 1 amide bonds. The second-order valence-electron chi connectivity index (χ2n) is 9.79. The summed E-state index contributed by atoms with van der Waals surface area (Å²) in [5.74, 6) is -0.126. The molecule has 1 aliphatic carbocycles. The van der Waals surface area contributed by atoms with Crippen molar-refractivity contribution in [1.29, 1.82) is 0 Å². The van der Waals surface area contributed by atoms with E-state index in [-0.39, 0.29) is 30.7 Å². The first-order chi connectivity index (χ1) is 20.0. The number of nitrogens with one attached hydrogen (secondary N) is 1. The first-order valence-corrected chi connectivity index (χ1v) is 14.6. The number of thiazole rings is 1. The smallest absolute Gasteiger partial charge is 0.333 e. The molecule has 0 fully saturated rings. The second-order valence-corrected chi connectivity index (χ2v) is 10.9. The van der Waals surface area contributed by atoms with Crippen molar-refractivity contribution in [3.63, 3.8) is 0 Å². The summed E-state index contributed by atoms with van der Waals surface area (Å²) in [5, 5.41) is 3.10. The zero-order valence-electron chi connectivity index (χ0n) is 22.9. The van der Waals surface area contributed by atoms with Gasteiger partial charge in [0.05, 0.1) is 23.3 Å². The second kappa shape index (κ2) is 13.3. The van der Waals surface area contributed by atoms with Gasteiger partial charge in [0.25, 0.3) is 5.56 Å². The zero-order valence-corrected chi connectivity index (χ0v) is 23.7. The van der Waals surface area contributed by atoms with Gasteiger partial charge >= 0.3 is 5.97 Å². The number of esters is 1. The lowest BCUT2D eigenvalue weighted by molar-refractivity contribution is -0.135. The van der Waals surface area contributed by atoms with Crippen LogP contribution in [0.1, 0.15) is 48.1 Å². The number of hydrogen-bond donors (Lipinski definition) is 1. The number of ether oxygens (including phenoxy) is 2. The predicted molar refractivity (Wildman–Crippen MR) is 160 cm³/mol. The highest BCUT2D eigenvalue weighted by atomic mass is 32.1. The lowest BCUT2D eigenvalue weighted by Gasteiger charge is -2.26. The quantitative estimate of drug-likeness (QED) is 0.310. The van der Waals surface area contributed by atoms with Gasteiger partial charge in [0.15, 0.2) is 0 Å². The van der Waals surface area contributed by atoms with Gasteiger partial charge in [-0.3, -0.25) is 14.2 Å². The molecule has 0 bridgehead atoms. The summed E-state index contributed by atoms with van der Waals surface area (Å²) in [4.78, 5) is 38.9. The number of carbonyl (C=O) groups excluding carboxylic acids is 2. The van der Waals surface area contributed by atoms with E-state index in [0.29, 0.717) is 21.6 Å². The molecule has 0 saturated carbocycles. The Balaban J connectivity index is 1.37. The van der Waals surface area contributed by atoms with Crippen molar-refractivity contribution in [1.82, 2.24) is 9.88 Å². The fourth-order valence-electron chi connectivity index (χ4n) is 4.92. The SMILES string of the molecule is CCOC(=O)/C=c1\s/c(=C\c2ccc(OCc3ccccc3)cc2)c(=O)n1CC(=O)N[C@@H]1CCCc2ccccc21. The molecule has 3 aromatic carbocycles. The number of aryl methyl sites for hydroxylation is 1. The Morgan fingerprint density at radius 3 is 2.56 bits per heavy atom. The van der Waals surface area contributed by atoms with Gasteiger partial charge in [-0.05, 0) is 66.6 Å². The van der Waals surface area contributed by atoms with Crippen LogP contribution in [-0.4, -0.2) is 23.1 Å². The van der Waals surface area contributed by atoms with Gasteiger partial charge in [-0.2, -0.15) is 0 Å². The summed E-state index contributed by atoms with van der Waals surface area (Å²) in [5.41, 5.74) is 3.89. The molecule has 4 aromatic rings. The van der Waals surface area contributed by atoms with E-state index >= 15 is 0 Å². The molecule has 1 aliphatic rings. The Morgan fingerprint density at radius 2 is 1.78 bits per heavy atom. The lowest BCUT2D eigenvalue weighted by Crippen LogP contribution is -2.40. The third kappa shape index (κ3) is 7.21. The van der Waals surface area contributed by atoms with E-state index < -0.39 is 5.97 Å². The average Bonchev–Trinajstić information content (AvgIpc) is 3.26. The maximum Gasteiger partial charge on any atom is 0.333 e. The van der Waals surface area contributed by atoms with E-state index in [1.54, 1.807) is 13.0 Å². The number of benzene rings is 3. The maximum atomic E-state index is 13.5. The van der Waals surface area contributed by atoms with Crippen LogP contribution in [0, 0.1) is 0 Å². The van der Waals surface area contributed by atoms with E-state index in [1.807, 2.05) is 72.8 Å². The van der Waals surface area contributed by atoms with Crippen LogP contribution in [0.15, 0.2) is 83.7 Å². The molecule has 1 N–H and O–H groups in total. The van der Waals surface area contributed by atoms with E-state index in [4.69, 9.17) is 9.47 Å². The van der Waals surface area contributed by atoms with Crippen molar-refractivity contribution in [2.75, 3.05) is 6.61 Å². The molecule has 210 valence electrons. The van der Waals surface area contributed by atoms with E-state index in [2.05, 4.69) is 11.4 Å². The lowest BCUT2D eigenvalue weighted by atomic mass is 9.88. The van der Waals surface area contributed by atoms with Crippen molar-refractivity contribution in [2.45, 2.75) is 45.4 Å². The Bertz CT molecular complexity index is 1690. The van der Waals surface area contributed by atoms with Crippen LogP contribution in [0.3, 0.4) is 0 Å². The summed E-state index contributed by atoms with van der Waals surface area (Å²) < 4.78 is 13.1. The number of rotatable bonds is 9. The molecule has 0 radical (unpaired) electrons. The first kappa shape index (κ1) is 28.1. The average molecular weight is 569 g/mol. The molecule has 0 saturated heterocycles. The Morgan fingerprint density at radius 1 is 1.02 bits per heavy atom. The summed E-state index contributed by atoms with van der Waals surface area (Å²) in [6.45, 7) is 2.19. The molecule has 1 heterocycles. The number of hydrogen-bond acceptors (Lipinski definition) is 6. The number of aromatic nitrogens is 1. The minimum Gasteiger partial charge on any atom is -0.489 e. The van der Waals surface area contributed by atoms with Gasteiger partial charge < -0.3 is 14.8 Å². The highest BCUT2D eigenvalue weighted by molar-refractivity contribution is 7.07. The van der Waals surface area contributed by atoms with Crippen molar-refractivity contribution in [3.05, 3.63) is 121 Å². The van der Waals surface area contributed by atoms with Crippen molar-refractivity contribution < 1.29 is 19.1 Å². The molecular formula is C33H32N2O5S. The van der Waals surface area contributed by atoms with E-state index in [0.717, 1.165) is 47.3 Å². The van der Waals surface area contributed by atoms with Gasteiger partial charge in [-0.25, -0.2) is 4.79 Å². The minimum absolute atomic E-state index is 0.104. The van der Waals surface area contributed by atoms with Gasteiger partial charge in [0.1, 0.15) is 23.6 Å². The monoisotopic (exact) mass is 568 g/mol. The zero-order chi connectivity index (χ0) is 28.6. The summed E-state index contributed by atoms with van der Waals surface area (Å²) in [7, 11) is 0. The standard InChI is InChI=1S/C33H32N2O5S/c1-2-39-32(37)20-31-35(21-30(36)34-28-14-8-12-25-11-6-7-13-27(25)28)33(38)29(41-31)19-23-15-17-26(18-16-23)40-22-24-9-4-3-5-10-24/h3-7,9-11,13,15-20,28H,2,8,12,14,21-22H2,1H3,(H,34,36)/b29-19-,31-20-/t28-/m1/s1. The van der Waals surface area contributed by atoms with Crippen LogP contribution >= 0.6 is 11.3 Å². The van der Waals surface area contributed by atoms with Gasteiger partial charge in [0, 0.05) is 0 Å². The third-order valence-corrected chi connectivity index (χ3v) is 7.96. The minimum atomic E-state index is -0.560. The highest BCUT2D eigenvalue weighted by Gasteiger charge is 2.22. The fraction of sp³-hybridized carbons (Fsp3) is 0.242. The number of carbonyl (C=O) groups is 2. The largest absolute Gasteiger partial charge is 0.489 e. The van der Waals surface area contributed by atoms with Crippen LogP contribution in [0.2, 0.25) is 0 Å².